The molecule has 0 saturated carbocycles. The number of rotatable bonds is 12. The highest BCUT2D eigenvalue weighted by molar-refractivity contribution is 7.00. The second-order valence-electron chi connectivity index (χ2n) is 6.81. The van der Waals surface area contributed by atoms with Gasteiger partial charge in [-0.1, -0.05) is 50.7 Å². The van der Waals surface area contributed by atoms with Crippen molar-refractivity contribution in [3.05, 3.63) is 23.8 Å². The molecule has 0 heterocycles. The van der Waals surface area contributed by atoms with Gasteiger partial charge in [-0.3, -0.25) is 9.59 Å². The van der Waals surface area contributed by atoms with Crippen LogP contribution in [0.2, 0.25) is 0 Å². The fourth-order valence-corrected chi connectivity index (χ4v) is 2.85. The van der Waals surface area contributed by atoms with E-state index in [2.05, 4.69) is 6.92 Å². The summed E-state index contributed by atoms with van der Waals surface area (Å²) in [6.45, 7) is 6.44. The number of hydrogen-bond acceptors (Lipinski definition) is 6. The number of benzene rings is 1. The molecule has 0 N–H and O–H groups in total. The molecule has 0 fully saturated rings. The molecule has 0 aromatic heterocycles. The molecule has 1 aromatic carbocycles. The summed E-state index contributed by atoms with van der Waals surface area (Å²) >= 11 is 0. The normalized spacial score (nSPS) is 11.2. The van der Waals surface area contributed by atoms with E-state index in [0.29, 0.717) is 30.1 Å². The van der Waals surface area contributed by atoms with Gasteiger partial charge in [0, 0.05) is 0 Å². The van der Waals surface area contributed by atoms with Gasteiger partial charge < -0.3 is 14.2 Å². The van der Waals surface area contributed by atoms with E-state index in [-0.39, 0.29) is 11.7 Å². The number of methoxy groups -OCH3 is 2. The maximum atomic E-state index is 13.2. The minimum Gasteiger partial charge on any atom is -0.496 e. The number of carbonyl (C=O) groups excluding carboxylic acids is 2. The van der Waals surface area contributed by atoms with E-state index in [1.54, 1.807) is 18.2 Å². The van der Waals surface area contributed by atoms with Crippen LogP contribution in [0.15, 0.2) is 18.2 Å². The zero-order valence-electron chi connectivity index (χ0n) is 17.7. The van der Waals surface area contributed by atoms with Gasteiger partial charge in [0.05, 0.1) is 20.8 Å². The molecule has 0 radical (unpaired) electrons. The Morgan fingerprint density at radius 1 is 1.00 bits per heavy atom. The Hall–Kier alpha value is -1.94. The molecule has 7 heteroatoms. The van der Waals surface area contributed by atoms with Crippen LogP contribution < -0.4 is 9.47 Å². The number of ether oxygens (including phenoxy) is 3. The Morgan fingerprint density at radius 2 is 1.57 bits per heavy atom. The smallest absolute Gasteiger partial charge is 0.316 e. The first-order chi connectivity index (χ1) is 13.5. The average Bonchev–Trinajstić information content (AvgIpc) is 2.71. The predicted molar refractivity (Wildman–Crippen MR) is 112 cm³/mol. The lowest BCUT2D eigenvalue weighted by molar-refractivity contribution is -0.147. The van der Waals surface area contributed by atoms with Crippen molar-refractivity contribution in [2.45, 2.75) is 52.9 Å². The van der Waals surface area contributed by atoms with Crippen molar-refractivity contribution in [1.82, 2.24) is 0 Å². The molecular weight excluding hydrogens is 379 g/mol. The number of Topliss-reactive ketones (excluding diaryl/α,β-unsaturated/α-hetero) is 1. The maximum absolute atomic E-state index is 13.2. The molecule has 0 amide bonds. The molecule has 2 atom stereocenters. The third-order valence-corrected chi connectivity index (χ3v) is 4.22. The van der Waals surface area contributed by atoms with Gasteiger partial charge in [0.15, 0.2) is 5.78 Å². The van der Waals surface area contributed by atoms with Crippen molar-refractivity contribution in [3.63, 3.8) is 0 Å². The van der Waals surface area contributed by atoms with Crippen molar-refractivity contribution in [3.8, 4) is 11.5 Å². The third-order valence-electron chi connectivity index (χ3n) is 4.22. The van der Waals surface area contributed by atoms with Crippen LogP contribution in [0.4, 0.5) is 0 Å². The summed E-state index contributed by atoms with van der Waals surface area (Å²) in [5, 5.41) is 0. The monoisotopic (exact) mass is 413 g/mol. The Bertz CT molecular complexity index is 580. The molecule has 0 aliphatic carbocycles. The maximum Gasteiger partial charge on any atom is 0.316 e. The highest BCUT2D eigenvalue weighted by Crippen LogP contribution is 2.32. The van der Waals surface area contributed by atoms with Crippen LogP contribution >= 0.6 is 9.12 Å². The predicted octanol–water partition coefficient (Wildman–Crippen LogP) is 4.88. The summed E-state index contributed by atoms with van der Waals surface area (Å²) in [5.74, 6) is -0.652. The first kappa shape index (κ1) is 26.1. The van der Waals surface area contributed by atoms with Gasteiger partial charge in [-0.2, -0.15) is 0 Å². The minimum atomic E-state index is -0.855. The molecule has 0 aliphatic heterocycles. The summed E-state index contributed by atoms with van der Waals surface area (Å²) in [5.41, 5.74) is 0.297. The van der Waals surface area contributed by atoms with Crippen molar-refractivity contribution in [2.75, 3.05) is 20.8 Å². The quantitative estimate of drug-likeness (QED) is 0.160. The topological polar surface area (TPSA) is 78.9 Å². The van der Waals surface area contributed by atoms with Crippen LogP contribution in [0, 0.1) is 11.8 Å². The number of esters is 1. The van der Waals surface area contributed by atoms with Crippen molar-refractivity contribution in [2.24, 2.45) is 11.8 Å². The average molecular weight is 413 g/mol. The Kier molecular flexibility index (Phi) is 14.0. The zero-order chi connectivity index (χ0) is 21.5. The molecule has 0 bridgehead atoms. The number of unbranched alkanes of at least 4 members (excludes halogenated alkanes) is 3. The summed E-state index contributed by atoms with van der Waals surface area (Å²) in [7, 11) is 4.16. The van der Waals surface area contributed by atoms with Crippen molar-refractivity contribution >= 4 is 20.9 Å². The molecular formula is C21H34O6P+. The van der Waals surface area contributed by atoms with Gasteiger partial charge in [0.2, 0.25) is 0 Å². The lowest BCUT2D eigenvalue weighted by Gasteiger charge is -2.19. The fraction of sp³-hybridized carbons (Fsp3) is 0.619. The van der Waals surface area contributed by atoms with Crippen LogP contribution in [0.25, 0.3) is 0 Å². The Morgan fingerprint density at radius 3 is 2.04 bits per heavy atom. The molecule has 1 aromatic rings. The largest absolute Gasteiger partial charge is 0.496 e. The first-order valence-corrected chi connectivity index (χ1v) is 10.1. The van der Waals surface area contributed by atoms with Crippen LogP contribution in [-0.2, 0) is 14.1 Å². The molecule has 28 heavy (non-hydrogen) atoms. The number of ketones is 1. The molecule has 6 nitrogen and oxygen atoms in total. The lowest BCUT2D eigenvalue weighted by Crippen LogP contribution is -2.28. The second-order valence-corrected chi connectivity index (χ2v) is 6.81. The summed E-state index contributed by atoms with van der Waals surface area (Å²) in [6.07, 6.45) is 4.50. The number of hydrogen-bond donors (Lipinski definition) is 0. The van der Waals surface area contributed by atoms with Gasteiger partial charge in [0.25, 0.3) is 0 Å². The molecule has 0 aliphatic rings. The molecule has 158 valence electrons. The van der Waals surface area contributed by atoms with Crippen LogP contribution in [-0.4, -0.2) is 32.6 Å². The van der Waals surface area contributed by atoms with E-state index < -0.39 is 11.9 Å². The van der Waals surface area contributed by atoms with E-state index in [9.17, 15) is 9.59 Å². The highest BCUT2D eigenvalue weighted by atomic mass is 31.0. The standard InChI is InChI=1S/C21H32O5.H2OP/c1-6-7-8-9-13-26-21(23)16(14-15(2)3)20(22)19-17(24-4)11-10-12-18(19)25-5;1-2/h10-12,15-16H,6-9,13-14H2,1-5H3;2H2/q;+1. The SMILES string of the molecule is CCCCCCOC(=O)C(CC(C)C)C(=O)c1c(OC)cccc1OC.O=[PH2+]. The third kappa shape index (κ3) is 8.39. The van der Waals surface area contributed by atoms with E-state index >= 15 is 0 Å². The lowest BCUT2D eigenvalue weighted by atomic mass is 9.89. The molecule has 2 unspecified atom stereocenters. The van der Waals surface area contributed by atoms with Gasteiger partial charge in [-0.25, -0.2) is 0 Å². The molecule has 1 rings (SSSR count). The summed E-state index contributed by atoms with van der Waals surface area (Å²) in [4.78, 5) is 25.8. The van der Waals surface area contributed by atoms with Gasteiger partial charge in [-0.05, 0) is 30.9 Å². The van der Waals surface area contributed by atoms with Crippen molar-refractivity contribution in [1.29, 1.82) is 0 Å². The number of carbonyl (C=O) groups is 2. The second kappa shape index (κ2) is 15.0. The van der Waals surface area contributed by atoms with E-state index in [0.717, 1.165) is 25.7 Å². The van der Waals surface area contributed by atoms with Crippen LogP contribution in [0.1, 0.15) is 63.2 Å². The van der Waals surface area contributed by atoms with Crippen LogP contribution in [0.5, 0.6) is 11.5 Å². The van der Waals surface area contributed by atoms with Crippen LogP contribution in [0.3, 0.4) is 0 Å². The molecule has 0 saturated heterocycles. The van der Waals surface area contributed by atoms with Gasteiger partial charge >= 0.3 is 15.1 Å². The minimum absolute atomic E-state index is 0.178. The summed E-state index contributed by atoms with van der Waals surface area (Å²) < 4.78 is 24.2. The molecule has 0 spiro atoms. The summed E-state index contributed by atoms with van der Waals surface area (Å²) in [6, 6.07) is 5.13. The highest BCUT2D eigenvalue weighted by Gasteiger charge is 2.33. The first-order valence-electron chi connectivity index (χ1n) is 9.61. The van der Waals surface area contributed by atoms with Gasteiger partial charge in [-0.15, -0.1) is 0 Å². The Balaban J connectivity index is 0.00000352. The van der Waals surface area contributed by atoms with Gasteiger partial charge in [0.1, 0.15) is 23.0 Å². The van der Waals surface area contributed by atoms with E-state index in [1.807, 2.05) is 13.8 Å². The fourth-order valence-electron chi connectivity index (χ4n) is 2.85. The van der Waals surface area contributed by atoms with E-state index in [1.165, 1.54) is 23.3 Å². The zero-order valence-corrected chi connectivity index (χ0v) is 18.8. The van der Waals surface area contributed by atoms with Crippen molar-refractivity contribution < 1.29 is 28.4 Å². The van der Waals surface area contributed by atoms with E-state index in [4.69, 9.17) is 18.8 Å². The Labute approximate surface area is 170 Å².